The lowest BCUT2D eigenvalue weighted by molar-refractivity contribution is 0.0944. The van der Waals surface area contributed by atoms with E-state index in [4.69, 9.17) is 5.11 Å². The van der Waals surface area contributed by atoms with E-state index in [9.17, 15) is 4.79 Å². The Hall–Kier alpha value is -2.14. The van der Waals surface area contributed by atoms with Crippen molar-refractivity contribution in [3.8, 4) is 5.69 Å². The Morgan fingerprint density at radius 3 is 2.88 bits per heavy atom. The molecular weight excluding hydrogens is 218 g/mol. The number of amides is 1. The van der Waals surface area contributed by atoms with Crippen LogP contribution in [-0.2, 0) is 0 Å². The van der Waals surface area contributed by atoms with Gasteiger partial charge < -0.3 is 10.4 Å². The van der Waals surface area contributed by atoms with Gasteiger partial charge in [0.1, 0.15) is 0 Å². The molecule has 88 valence electrons. The number of aromatic nitrogens is 2. The third kappa shape index (κ3) is 2.51. The van der Waals surface area contributed by atoms with E-state index in [0.29, 0.717) is 11.3 Å². The van der Waals surface area contributed by atoms with E-state index in [-0.39, 0.29) is 19.1 Å². The molecule has 5 heteroatoms. The van der Waals surface area contributed by atoms with E-state index in [2.05, 4.69) is 10.4 Å². The molecule has 0 aliphatic carbocycles. The Morgan fingerprint density at radius 2 is 2.18 bits per heavy atom. The van der Waals surface area contributed by atoms with Crippen LogP contribution in [0.25, 0.3) is 5.69 Å². The van der Waals surface area contributed by atoms with Crippen LogP contribution in [0, 0.1) is 0 Å². The number of benzene rings is 1. The molecule has 2 aromatic rings. The van der Waals surface area contributed by atoms with E-state index < -0.39 is 0 Å². The van der Waals surface area contributed by atoms with E-state index in [1.54, 1.807) is 35.3 Å². The van der Waals surface area contributed by atoms with Crippen LogP contribution in [0.1, 0.15) is 10.4 Å². The fourth-order valence-corrected chi connectivity index (χ4v) is 1.54. The lowest BCUT2D eigenvalue weighted by atomic mass is 10.1. The first-order chi connectivity index (χ1) is 8.33. The van der Waals surface area contributed by atoms with Crippen molar-refractivity contribution in [1.82, 2.24) is 15.1 Å². The van der Waals surface area contributed by atoms with Gasteiger partial charge in [-0.05, 0) is 18.2 Å². The quantitative estimate of drug-likeness (QED) is 0.809. The highest BCUT2D eigenvalue weighted by atomic mass is 16.3. The Labute approximate surface area is 98.7 Å². The van der Waals surface area contributed by atoms with Crippen molar-refractivity contribution in [1.29, 1.82) is 0 Å². The summed E-state index contributed by atoms with van der Waals surface area (Å²) < 4.78 is 1.63. The van der Waals surface area contributed by atoms with E-state index in [1.165, 1.54) is 0 Å². The minimum atomic E-state index is -0.217. The Morgan fingerprint density at radius 1 is 1.35 bits per heavy atom. The zero-order valence-electron chi connectivity index (χ0n) is 9.21. The second kappa shape index (κ2) is 5.27. The SMILES string of the molecule is O=C(NCCO)c1ccccc1-n1cccn1. The summed E-state index contributed by atoms with van der Waals surface area (Å²) >= 11 is 0. The highest BCUT2D eigenvalue weighted by molar-refractivity contribution is 5.97. The maximum atomic E-state index is 11.9. The van der Waals surface area contributed by atoms with Crippen LogP contribution in [0.3, 0.4) is 0 Å². The highest BCUT2D eigenvalue weighted by Gasteiger charge is 2.11. The van der Waals surface area contributed by atoms with Gasteiger partial charge >= 0.3 is 0 Å². The molecule has 17 heavy (non-hydrogen) atoms. The Kier molecular flexibility index (Phi) is 3.52. The molecule has 5 nitrogen and oxygen atoms in total. The standard InChI is InChI=1S/C12H13N3O2/c16-9-7-13-12(17)10-4-1-2-5-11(10)15-8-3-6-14-15/h1-6,8,16H,7,9H2,(H,13,17). The number of carbonyl (C=O) groups excluding carboxylic acids is 1. The third-order valence-corrected chi connectivity index (χ3v) is 2.30. The molecule has 1 amide bonds. The topological polar surface area (TPSA) is 67.2 Å². The second-order valence-corrected chi connectivity index (χ2v) is 3.45. The first kappa shape index (κ1) is 11.3. The van der Waals surface area contributed by atoms with E-state index in [0.717, 1.165) is 0 Å². The molecule has 0 aliphatic heterocycles. The predicted octanol–water partition coefficient (Wildman–Crippen LogP) is 0.594. The predicted molar refractivity (Wildman–Crippen MR) is 63.0 cm³/mol. The summed E-state index contributed by atoms with van der Waals surface area (Å²) in [5.74, 6) is -0.217. The maximum Gasteiger partial charge on any atom is 0.253 e. The number of rotatable bonds is 4. The first-order valence-electron chi connectivity index (χ1n) is 5.31. The van der Waals surface area contributed by atoms with Crippen LogP contribution in [0.2, 0.25) is 0 Å². The van der Waals surface area contributed by atoms with Gasteiger partial charge in [-0.15, -0.1) is 0 Å². The molecule has 0 radical (unpaired) electrons. The molecule has 0 saturated heterocycles. The summed E-state index contributed by atoms with van der Waals surface area (Å²) in [6, 6.07) is 8.98. The van der Waals surface area contributed by atoms with Gasteiger partial charge in [0.2, 0.25) is 0 Å². The number of para-hydroxylation sites is 1. The molecule has 1 aromatic heterocycles. The smallest absolute Gasteiger partial charge is 0.253 e. The molecule has 0 aliphatic rings. The minimum Gasteiger partial charge on any atom is -0.395 e. The van der Waals surface area contributed by atoms with Gasteiger partial charge in [-0.1, -0.05) is 12.1 Å². The van der Waals surface area contributed by atoms with Crippen LogP contribution in [0.15, 0.2) is 42.7 Å². The fraction of sp³-hybridized carbons (Fsp3) is 0.167. The summed E-state index contributed by atoms with van der Waals surface area (Å²) in [5, 5.41) is 15.4. The van der Waals surface area contributed by atoms with Crippen LogP contribution in [0.5, 0.6) is 0 Å². The molecule has 0 bridgehead atoms. The second-order valence-electron chi connectivity index (χ2n) is 3.45. The average Bonchev–Trinajstić information content (AvgIpc) is 2.89. The van der Waals surface area contributed by atoms with Crippen molar-refractivity contribution in [3.63, 3.8) is 0 Å². The number of aliphatic hydroxyl groups is 1. The van der Waals surface area contributed by atoms with Crippen molar-refractivity contribution in [2.75, 3.05) is 13.2 Å². The van der Waals surface area contributed by atoms with E-state index >= 15 is 0 Å². The van der Waals surface area contributed by atoms with Crippen molar-refractivity contribution < 1.29 is 9.90 Å². The Balaban J connectivity index is 2.31. The molecule has 0 atom stereocenters. The van der Waals surface area contributed by atoms with Gasteiger partial charge in [-0.25, -0.2) is 4.68 Å². The molecule has 0 unspecified atom stereocenters. The van der Waals surface area contributed by atoms with Crippen molar-refractivity contribution in [2.24, 2.45) is 0 Å². The van der Waals surface area contributed by atoms with Crippen molar-refractivity contribution in [2.45, 2.75) is 0 Å². The third-order valence-electron chi connectivity index (χ3n) is 2.30. The van der Waals surface area contributed by atoms with Crippen molar-refractivity contribution in [3.05, 3.63) is 48.3 Å². The van der Waals surface area contributed by atoms with Crippen LogP contribution in [-0.4, -0.2) is 33.9 Å². The molecular formula is C12H13N3O2. The molecule has 0 saturated carbocycles. The highest BCUT2D eigenvalue weighted by Crippen LogP contribution is 2.12. The van der Waals surface area contributed by atoms with Crippen LogP contribution < -0.4 is 5.32 Å². The summed E-state index contributed by atoms with van der Waals surface area (Å²) in [6.45, 7) is 0.169. The molecule has 0 fully saturated rings. The summed E-state index contributed by atoms with van der Waals surface area (Å²) in [7, 11) is 0. The fourth-order valence-electron chi connectivity index (χ4n) is 1.54. The number of nitrogens with zero attached hydrogens (tertiary/aromatic N) is 2. The van der Waals surface area contributed by atoms with Gasteiger partial charge in [0.15, 0.2) is 0 Å². The van der Waals surface area contributed by atoms with Gasteiger partial charge in [-0.3, -0.25) is 4.79 Å². The first-order valence-corrected chi connectivity index (χ1v) is 5.31. The normalized spacial score (nSPS) is 10.2. The number of hydrogen-bond acceptors (Lipinski definition) is 3. The zero-order chi connectivity index (χ0) is 12.1. The lowest BCUT2D eigenvalue weighted by Crippen LogP contribution is -2.27. The number of carbonyl (C=O) groups is 1. The largest absolute Gasteiger partial charge is 0.395 e. The van der Waals surface area contributed by atoms with Crippen LogP contribution >= 0.6 is 0 Å². The monoisotopic (exact) mass is 231 g/mol. The Bertz CT molecular complexity index is 494. The maximum absolute atomic E-state index is 11.9. The summed E-state index contributed by atoms with van der Waals surface area (Å²) in [4.78, 5) is 11.9. The number of hydrogen-bond donors (Lipinski definition) is 2. The number of nitrogens with one attached hydrogen (secondary N) is 1. The minimum absolute atomic E-state index is 0.0737. The molecule has 1 aromatic carbocycles. The summed E-state index contributed by atoms with van der Waals surface area (Å²) in [5.41, 5.74) is 1.25. The lowest BCUT2D eigenvalue weighted by Gasteiger charge is -2.09. The van der Waals surface area contributed by atoms with Crippen molar-refractivity contribution >= 4 is 5.91 Å². The molecule has 2 rings (SSSR count). The van der Waals surface area contributed by atoms with Gasteiger partial charge in [0, 0.05) is 18.9 Å². The zero-order valence-corrected chi connectivity index (χ0v) is 9.21. The molecule has 2 N–H and O–H groups in total. The average molecular weight is 231 g/mol. The van der Waals surface area contributed by atoms with Crippen LogP contribution in [0.4, 0.5) is 0 Å². The van der Waals surface area contributed by atoms with Gasteiger partial charge in [0.05, 0.1) is 17.9 Å². The van der Waals surface area contributed by atoms with E-state index in [1.807, 2.05) is 12.1 Å². The molecule has 0 spiro atoms. The molecule has 1 heterocycles. The summed E-state index contributed by atoms with van der Waals surface area (Å²) in [6.07, 6.45) is 3.43. The van der Waals surface area contributed by atoms with Gasteiger partial charge in [0.25, 0.3) is 5.91 Å². The van der Waals surface area contributed by atoms with Gasteiger partial charge in [-0.2, -0.15) is 5.10 Å². The number of aliphatic hydroxyl groups excluding tert-OH is 1.